The number of aromatic nitrogens is 2. The van der Waals surface area contributed by atoms with E-state index in [1.807, 2.05) is 6.20 Å². The molecule has 3 aliphatic rings. The Kier molecular flexibility index (Phi) is 6.76. The molecule has 0 radical (unpaired) electrons. The van der Waals surface area contributed by atoms with Gasteiger partial charge in [-0.25, -0.2) is 0 Å². The summed E-state index contributed by atoms with van der Waals surface area (Å²) in [7, 11) is 0.693. The largest absolute Gasteiger partial charge is 0.456 e. The second kappa shape index (κ2) is 10.9. The zero-order valence-corrected chi connectivity index (χ0v) is 30.5. The summed E-state index contributed by atoms with van der Waals surface area (Å²) in [5.41, 5.74) is 13.4. The van der Waals surface area contributed by atoms with E-state index in [1.54, 1.807) is 0 Å². The van der Waals surface area contributed by atoms with Crippen LogP contribution in [0.15, 0.2) is 108 Å². The molecule has 0 saturated heterocycles. The lowest BCUT2D eigenvalue weighted by molar-refractivity contribution is -0.717. The van der Waals surface area contributed by atoms with Crippen LogP contribution in [-0.2, 0) is 6.42 Å². The Morgan fingerprint density at radius 1 is 0.918 bits per heavy atom. The number of hydrogen-bond donors (Lipinski definition) is 0. The quantitative estimate of drug-likeness (QED) is 0.137. The molecule has 0 amide bonds. The summed E-state index contributed by atoms with van der Waals surface area (Å²) in [5.74, 6) is 0.630. The minimum absolute atomic E-state index is 0.0394. The lowest BCUT2D eigenvalue weighted by atomic mass is 9.77. The minimum atomic E-state index is -1.56. The van der Waals surface area contributed by atoms with Crippen LogP contribution in [0.3, 0.4) is 0 Å². The highest BCUT2D eigenvalue weighted by Crippen LogP contribution is 2.54. The number of para-hydroxylation sites is 1. The van der Waals surface area contributed by atoms with Crippen molar-refractivity contribution in [3.8, 4) is 11.3 Å². The van der Waals surface area contributed by atoms with Gasteiger partial charge in [-0.15, -0.1) is 0 Å². The van der Waals surface area contributed by atoms with E-state index in [9.17, 15) is 0 Å². The van der Waals surface area contributed by atoms with E-state index < -0.39 is 8.07 Å². The highest BCUT2D eigenvalue weighted by Gasteiger charge is 2.46. The zero-order valence-electron chi connectivity index (χ0n) is 29.5. The zero-order chi connectivity index (χ0) is 33.8. The number of pyridine rings is 2. The lowest BCUT2D eigenvalue weighted by Crippen LogP contribution is -2.53. The molecule has 0 aliphatic carbocycles. The molecule has 6 heteroatoms. The summed E-state index contributed by atoms with van der Waals surface area (Å²) in [6.45, 7) is 16.8. The number of anilines is 2. The topological polar surface area (TPSA) is 36.4 Å². The van der Waals surface area contributed by atoms with E-state index in [0.29, 0.717) is 11.8 Å². The molecule has 3 aromatic heterocycles. The molecule has 0 spiro atoms. The van der Waals surface area contributed by atoms with Crippen molar-refractivity contribution < 1.29 is 8.98 Å². The third-order valence-electron chi connectivity index (χ3n) is 11.4. The number of aryl methyl sites for hydroxylation is 1. The number of fused-ring (bicyclic) bond motifs is 14. The first-order valence-corrected chi connectivity index (χ1v) is 21.4. The van der Waals surface area contributed by atoms with E-state index in [-0.39, 0.29) is 12.2 Å². The highest BCUT2D eigenvalue weighted by atomic mass is 28.3. The van der Waals surface area contributed by atoms with E-state index in [2.05, 4.69) is 140 Å². The Morgan fingerprint density at radius 2 is 1.71 bits per heavy atom. The molecule has 6 aromatic rings. The molecular formula is C43H45N4OSi+. The van der Waals surface area contributed by atoms with Gasteiger partial charge in [0.15, 0.2) is 12.2 Å². The van der Waals surface area contributed by atoms with Crippen molar-refractivity contribution in [3.63, 3.8) is 0 Å². The Morgan fingerprint density at radius 3 is 2.53 bits per heavy atom. The van der Waals surface area contributed by atoms with E-state index in [4.69, 9.17) is 16.0 Å². The molecule has 0 fully saturated rings. The van der Waals surface area contributed by atoms with Gasteiger partial charge in [-0.05, 0) is 65.8 Å². The Bertz CT molecular complexity index is 2310. The number of nitrogens with zero attached hydrogens (tertiary/aromatic N) is 4. The van der Waals surface area contributed by atoms with Crippen molar-refractivity contribution in [2.24, 2.45) is 0 Å². The van der Waals surface area contributed by atoms with Crippen LogP contribution in [0, 0.1) is 0 Å². The van der Waals surface area contributed by atoms with Gasteiger partial charge in [-0.1, -0.05) is 82.5 Å². The van der Waals surface area contributed by atoms with Crippen LogP contribution in [0.25, 0.3) is 33.2 Å². The average Bonchev–Trinajstić information content (AvgIpc) is 3.60. The predicted octanol–water partition coefficient (Wildman–Crippen LogP) is 9.75. The van der Waals surface area contributed by atoms with Crippen LogP contribution in [0.1, 0.15) is 73.1 Å². The first kappa shape index (κ1) is 30.4. The molecule has 6 heterocycles. The average molecular weight is 662 g/mol. The summed E-state index contributed by atoms with van der Waals surface area (Å²) in [6, 6.07) is 29.6. The molecule has 3 atom stereocenters. The van der Waals surface area contributed by atoms with Crippen molar-refractivity contribution >= 4 is 46.6 Å². The molecule has 0 bridgehead atoms. The van der Waals surface area contributed by atoms with Crippen molar-refractivity contribution in [2.45, 2.75) is 76.8 Å². The smallest absolute Gasteiger partial charge is 0.213 e. The molecule has 0 saturated carbocycles. The molecule has 0 N–H and O–H groups in total. The molecule has 3 unspecified atom stereocenters. The first-order valence-electron chi connectivity index (χ1n) is 17.9. The summed E-state index contributed by atoms with van der Waals surface area (Å²) in [5, 5.41) is 3.83. The van der Waals surface area contributed by atoms with Crippen molar-refractivity contribution in [1.82, 2.24) is 4.98 Å². The van der Waals surface area contributed by atoms with Crippen molar-refractivity contribution in [3.05, 3.63) is 126 Å². The van der Waals surface area contributed by atoms with E-state index >= 15 is 0 Å². The van der Waals surface area contributed by atoms with Gasteiger partial charge in [0.1, 0.15) is 17.3 Å². The fourth-order valence-corrected chi connectivity index (χ4v) is 10.1. The maximum Gasteiger partial charge on any atom is 0.213 e. The Hall–Kier alpha value is -4.68. The normalized spacial score (nSPS) is 20.1. The Balaban J connectivity index is 1.30. The molecule has 246 valence electrons. The SMILES string of the molecule is C=C1CC2C(CCc3cc4oc5ccccc5c4cc3C3N(C)c4c(ccnc4C(C)C)N13)c1ccccc1-c1ccc([Si](C)(C)C)c[n+]12. The van der Waals surface area contributed by atoms with Crippen LogP contribution in [0.2, 0.25) is 19.6 Å². The molecule has 5 nitrogen and oxygen atoms in total. The van der Waals surface area contributed by atoms with Crippen LogP contribution in [0.5, 0.6) is 0 Å². The molecule has 3 aromatic carbocycles. The van der Waals surface area contributed by atoms with Gasteiger partial charge >= 0.3 is 0 Å². The van der Waals surface area contributed by atoms with Crippen LogP contribution >= 0.6 is 0 Å². The summed E-state index contributed by atoms with van der Waals surface area (Å²) < 4.78 is 9.16. The maximum atomic E-state index is 6.52. The van der Waals surface area contributed by atoms with Gasteiger partial charge < -0.3 is 14.2 Å². The number of rotatable bonds is 2. The van der Waals surface area contributed by atoms with Gasteiger partial charge in [0, 0.05) is 52.4 Å². The third kappa shape index (κ3) is 4.56. The van der Waals surface area contributed by atoms with Crippen LogP contribution in [0.4, 0.5) is 11.4 Å². The van der Waals surface area contributed by atoms with Crippen molar-refractivity contribution in [2.75, 3.05) is 16.8 Å². The maximum absolute atomic E-state index is 6.52. The van der Waals surface area contributed by atoms with Crippen molar-refractivity contribution in [1.29, 1.82) is 0 Å². The summed E-state index contributed by atoms with van der Waals surface area (Å²) in [6.07, 6.45) is 7.32. The van der Waals surface area contributed by atoms with Gasteiger partial charge in [-0.2, -0.15) is 4.57 Å². The van der Waals surface area contributed by atoms with Crippen LogP contribution < -0.4 is 19.6 Å². The van der Waals surface area contributed by atoms with Gasteiger partial charge in [0.25, 0.3) is 0 Å². The second-order valence-electron chi connectivity index (χ2n) is 15.7. The lowest BCUT2D eigenvalue weighted by Gasteiger charge is -2.38. The predicted molar refractivity (Wildman–Crippen MR) is 205 cm³/mol. The summed E-state index contributed by atoms with van der Waals surface area (Å²) >= 11 is 0. The highest BCUT2D eigenvalue weighted by molar-refractivity contribution is 6.88. The molecular weight excluding hydrogens is 617 g/mol. The van der Waals surface area contributed by atoms with Gasteiger partial charge in [-0.3, -0.25) is 4.98 Å². The molecule has 9 rings (SSSR count). The van der Waals surface area contributed by atoms with E-state index in [1.165, 1.54) is 49.9 Å². The third-order valence-corrected chi connectivity index (χ3v) is 13.5. The number of furan rings is 1. The molecule has 49 heavy (non-hydrogen) atoms. The van der Waals surface area contributed by atoms with E-state index in [0.717, 1.165) is 47.2 Å². The monoisotopic (exact) mass is 661 g/mol. The Labute approximate surface area is 290 Å². The second-order valence-corrected chi connectivity index (χ2v) is 20.8. The fourth-order valence-electron chi connectivity index (χ4n) is 9.00. The van der Waals surface area contributed by atoms with Gasteiger partial charge in [0.2, 0.25) is 5.69 Å². The number of allylic oxidation sites excluding steroid dienone is 1. The summed E-state index contributed by atoms with van der Waals surface area (Å²) in [4.78, 5) is 9.96. The number of hydrogen-bond acceptors (Lipinski definition) is 4. The fraction of sp³-hybridized carbons (Fsp3) is 0.302. The first-order chi connectivity index (χ1) is 23.6. The standard InChI is InChI=1S/C43H45N4OSi/c1-26(2)41-42-37(20-21-44-41)47-27(3)22-38-32(30-12-8-9-13-31(30)36-19-17-29(25-46(36)38)49(5,6)7)18-16-28-23-40-35(24-34(28)43(47)45(42)4)33-14-10-11-15-39(33)48-40/h8-15,17,19-21,23-26,32,38,43H,3,16,18,22H2,1-2,4-7H3/q+1. The minimum Gasteiger partial charge on any atom is -0.456 e. The van der Waals surface area contributed by atoms with Gasteiger partial charge in [0.05, 0.1) is 31.6 Å². The number of benzene rings is 3. The van der Waals surface area contributed by atoms with Crippen LogP contribution in [-0.4, -0.2) is 20.1 Å². The molecule has 3 aliphatic heterocycles.